The third-order valence-electron chi connectivity index (χ3n) is 2.49. The Labute approximate surface area is 125 Å². The first kappa shape index (κ1) is 16.4. The van der Waals surface area contributed by atoms with E-state index in [-0.39, 0.29) is 5.56 Å². The molecule has 1 aromatic carbocycles. The van der Waals surface area contributed by atoms with Gasteiger partial charge in [0, 0.05) is 12.5 Å². The summed E-state index contributed by atoms with van der Waals surface area (Å²) in [5.74, 6) is -4.59. The van der Waals surface area contributed by atoms with Crippen molar-refractivity contribution in [3.63, 3.8) is 0 Å². The van der Waals surface area contributed by atoms with E-state index in [0.29, 0.717) is 0 Å². The van der Waals surface area contributed by atoms with Crippen LogP contribution in [-0.2, 0) is 11.0 Å². The number of hydrazine groups is 1. The number of halogens is 4. The highest BCUT2D eigenvalue weighted by Crippen LogP contribution is 2.29. The van der Waals surface area contributed by atoms with Crippen LogP contribution < -0.4 is 10.9 Å². The third kappa shape index (κ3) is 3.81. The van der Waals surface area contributed by atoms with Crippen LogP contribution in [0.25, 0.3) is 11.4 Å². The molecule has 2 N–H and O–H groups in total. The van der Waals surface area contributed by atoms with Crippen molar-refractivity contribution < 1.29 is 31.7 Å². The maximum Gasteiger partial charge on any atom is 0.471 e. The van der Waals surface area contributed by atoms with Crippen LogP contribution in [0.3, 0.4) is 0 Å². The van der Waals surface area contributed by atoms with Gasteiger partial charge >= 0.3 is 12.1 Å². The molecule has 7 nitrogen and oxygen atoms in total. The van der Waals surface area contributed by atoms with Crippen LogP contribution in [0, 0.1) is 5.82 Å². The van der Waals surface area contributed by atoms with Crippen LogP contribution in [-0.4, -0.2) is 22.0 Å². The van der Waals surface area contributed by atoms with Gasteiger partial charge < -0.3 is 4.52 Å². The first-order valence-corrected chi connectivity index (χ1v) is 5.96. The van der Waals surface area contributed by atoms with Gasteiger partial charge in [-0.05, 0) is 12.1 Å². The highest BCUT2D eigenvalue weighted by Gasteiger charge is 2.38. The average molecular weight is 332 g/mol. The van der Waals surface area contributed by atoms with Crippen LogP contribution in [0.15, 0.2) is 22.7 Å². The molecule has 0 unspecified atom stereocenters. The molecule has 0 radical (unpaired) electrons. The summed E-state index contributed by atoms with van der Waals surface area (Å²) in [6.07, 6.45) is -4.82. The van der Waals surface area contributed by atoms with Crippen LogP contribution in [0.2, 0.25) is 0 Å². The summed E-state index contributed by atoms with van der Waals surface area (Å²) in [7, 11) is 0. The Balaban J connectivity index is 2.24. The van der Waals surface area contributed by atoms with Crippen LogP contribution in [0.4, 0.5) is 17.6 Å². The van der Waals surface area contributed by atoms with Crippen molar-refractivity contribution in [3.05, 3.63) is 35.5 Å². The van der Waals surface area contributed by atoms with Crippen molar-refractivity contribution >= 4 is 11.8 Å². The van der Waals surface area contributed by atoms with Gasteiger partial charge in [-0.3, -0.25) is 20.4 Å². The van der Waals surface area contributed by atoms with E-state index in [2.05, 4.69) is 14.7 Å². The maximum atomic E-state index is 13.9. The van der Waals surface area contributed by atoms with Gasteiger partial charge in [0.1, 0.15) is 5.82 Å². The molecule has 0 fully saturated rings. The fourth-order valence-electron chi connectivity index (χ4n) is 1.51. The monoisotopic (exact) mass is 332 g/mol. The summed E-state index contributed by atoms with van der Waals surface area (Å²) in [5.41, 5.74) is 3.37. The number of rotatable bonds is 2. The van der Waals surface area contributed by atoms with Crippen molar-refractivity contribution in [3.8, 4) is 11.4 Å². The van der Waals surface area contributed by atoms with Crippen molar-refractivity contribution in [1.29, 1.82) is 0 Å². The summed E-state index contributed by atoms with van der Waals surface area (Å²) in [6, 6.07) is 2.91. The molecule has 2 aromatic rings. The number of hydrogen-bond acceptors (Lipinski definition) is 5. The van der Waals surface area contributed by atoms with Gasteiger partial charge in [-0.2, -0.15) is 18.2 Å². The zero-order valence-electron chi connectivity index (χ0n) is 11.4. The lowest BCUT2D eigenvalue weighted by Crippen LogP contribution is -2.40. The second-order valence-electron chi connectivity index (χ2n) is 4.25. The number of alkyl halides is 3. The highest BCUT2D eigenvalue weighted by atomic mass is 19.4. The Morgan fingerprint density at radius 2 is 1.91 bits per heavy atom. The maximum absolute atomic E-state index is 13.9. The van der Waals surface area contributed by atoms with Crippen molar-refractivity contribution in [2.75, 3.05) is 0 Å². The normalized spacial score (nSPS) is 11.2. The van der Waals surface area contributed by atoms with E-state index in [9.17, 15) is 27.2 Å². The summed E-state index contributed by atoms with van der Waals surface area (Å²) in [4.78, 5) is 25.3. The summed E-state index contributed by atoms with van der Waals surface area (Å²) in [5, 5.41) is 3.10. The van der Waals surface area contributed by atoms with Gasteiger partial charge in [0.15, 0.2) is 0 Å². The largest absolute Gasteiger partial charge is 0.471 e. The molecular weight excluding hydrogens is 324 g/mol. The van der Waals surface area contributed by atoms with Crippen molar-refractivity contribution in [2.24, 2.45) is 0 Å². The van der Waals surface area contributed by atoms with Gasteiger partial charge in [0.2, 0.25) is 11.7 Å². The molecule has 23 heavy (non-hydrogen) atoms. The molecule has 2 rings (SSSR count). The number of amides is 2. The van der Waals surface area contributed by atoms with E-state index in [4.69, 9.17) is 0 Å². The summed E-state index contributed by atoms with van der Waals surface area (Å²) < 4.78 is 55.0. The van der Waals surface area contributed by atoms with E-state index in [1.165, 1.54) is 0 Å². The predicted octanol–water partition coefficient (Wildman–Crippen LogP) is 1.68. The molecule has 0 saturated heterocycles. The van der Waals surface area contributed by atoms with Crippen molar-refractivity contribution in [2.45, 2.75) is 13.1 Å². The van der Waals surface area contributed by atoms with Crippen LogP contribution in [0.5, 0.6) is 0 Å². The zero-order chi connectivity index (χ0) is 17.2. The molecule has 0 spiro atoms. The number of nitrogens with zero attached hydrogens (tertiary/aromatic N) is 2. The van der Waals surface area contributed by atoms with Gasteiger partial charge in [0.25, 0.3) is 5.91 Å². The van der Waals surface area contributed by atoms with Crippen LogP contribution >= 0.6 is 0 Å². The second kappa shape index (κ2) is 6.02. The topological polar surface area (TPSA) is 97.1 Å². The Kier molecular flexibility index (Phi) is 4.29. The minimum atomic E-state index is -4.82. The molecule has 11 heteroatoms. The number of benzene rings is 1. The van der Waals surface area contributed by atoms with Gasteiger partial charge in [-0.1, -0.05) is 11.2 Å². The fourth-order valence-corrected chi connectivity index (χ4v) is 1.51. The molecule has 2 amide bonds. The SMILES string of the molecule is CC(=O)NNC(=O)c1ccc(-c2noc(C(F)(F)F)n2)cc1F. The molecule has 0 aliphatic carbocycles. The van der Waals surface area contributed by atoms with E-state index in [1.807, 2.05) is 10.9 Å². The third-order valence-corrected chi connectivity index (χ3v) is 2.49. The quantitative estimate of drug-likeness (QED) is 0.644. The highest BCUT2D eigenvalue weighted by molar-refractivity contribution is 5.95. The predicted molar refractivity (Wildman–Crippen MR) is 66.0 cm³/mol. The molecule has 0 atom stereocenters. The number of carbonyl (C=O) groups excluding carboxylic acids is 2. The lowest BCUT2D eigenvalue weighted by atomic mass is 10.1. The van der Waals surface area contributed by atoms with Gasteiger partial charge in [-0.25, -0.2) is 4.39 Å². The molecular formula is C12H8F4N4O3. The van der Waals surface area contributed by atoms with Crippen LogP contribution in [0.1, 0.15) is 23.2 Å². The summed E-state index contributed by atoms with van der Waals surface area (Å²) in [6.45, 7) is 1.13. The first-order chi connectivity index (χ1) is 10.7. The molecule has 1 heterocycles. The molecule has 0 saturated carbocycles. The first-order valence-electron chi connectivity index (χ1n) is 5.96. The molecule has 0 aliphatic rings. The number of nitrogens with one attached hydrogen (secondary N) is 2. The minimum absolute atomic E-state index is 0.113. The van der Waals surface area contributed by atoms with E-state index in [0.717, 1.165) is 25.1 Å². The Morgan fingerprint density at radius 3 is 2.43 bits per heavy atom. The lowest BCUT2D eigenvalue weighted by Gasteiger charge is -2.06. The Hall–Kier alpha value is -2.98. The van der Waals surface area contributed by atoms with Gasteiger partial charge in [0.05, 0.1) is 5.56 Å². The summed E-state index contributed by atoms with van der Waals surface area (Å²) >= 11 is 0. The Morgan fingerprint density at radius 1 is 1.22 bits per heavy atom. The van der Waals surface area contributed by atoms with E-state index >= 15 is 0 Å². The Bertz CT molecular complexity index is 757. The molecule has 0 bridgehead atoms. The molecule has 122 valence electrons. The van der Waals surface area contributed by atoms with Crippen molar-refractivity contribution in [1.82, 2.24) is 21.0 Å². The molecule has 0 aliphatic heterocycles. The number of carbonyl (C=O) groups is 2. The average Bonchev–Trinajstić information content (AvgIpc) is 2.94. The van der Waals surface area contributed by atoms with Gasteiger partial charge in [-0.15, -0.1) is 0 Å². The van der Waals surface area contributed by atoms with E-state index in [1.54, 1.807) is 0 Å². The number of hydrogen-bond donors (Lipinski definition) is 2. The number of aromatic nitrogens is 2. The standard InChI is InChI=1S/C12H8F4N4O3/c1-5(21)18-19-10(22)7-3-2-6(4-8(7)13)9-17-11(23-20-9)12(14,15)16/h2-4H,1H3,(H,18,21)(H,19,22). The lowest BCUT2D eigenvalue weighted by molar-refractivity contribution is -0.159. The smallest absolute Gasteiger partial charge is 0.329 e. The van der Waals surface area contributed by atoms with E-state index < -0.39 is 41.1 Å². The minimum Gasteiger partial charge on any atom is -0.329 e. The fraction of sp³-hybridized carbons (Fsp3) is 0.167. The second-order valence-corrected chi connectivity index (χ2v) is 4.25. The zero-order valence-corrected chi connectivity index (χ0v) is 11.4. The molecule has 1 aromatic heterocycles.